The SMILES string of the molecule is CC1CC(C)CN(CCCNC(=O)C2CCCN2C(=O)c2ccc(Cl)c(Cl)c2)C1. The normalized spacial score (nSPS) is 25.2. The molecule has 2 amide bonds. The molecule has 2 aliphatic heterocycles. The zero-order valence-electron chi connectivity index (χ0n) is 17.3. The Labute approximate surface area is 183 Å². The van der Waals surface area contributed by atoms with Gasteiger partial charge in [-0.3, -0.25) is 9.59 Å². The fourth-order valence-electron chi connectivity index (χ4n) is 4.68. The van der Waals surface area contributed by atoms with Crippen molar-refractivity contribution < 1.29 is 9.59 Å². The second-order valence-electron chi connectivity index (χ2n) is 8.64. The average molecular weight is 440 g/mol. The minimum Gasteiger partial charge on any atom is -0.354 e. The molecule has 0 saturated carbocycles. The number of rotatable bonds is 6. The molecule has 1 N–H and O–H groups in total. The van der Waals surface area contributed by atoms with E-state index >= 15 is 0 Å². The maximum atomic E-state index is 12.9. The molecule has 0 spiro atoms. The van der Waals surface area contributed by atoms with E-state index in [2.05, 4.69) is 24.1 Å². The summed E-state index contributed by atoms with van der Waals surface area (Å²) in [6.07, 6.45) is 3.75. The van der Waals surface area contributed by atoms with Gasteiger partial charge in [0.15, 0.2) is 0 Å². The first-order valence-electron chi connectivity index (χ1n) is 10.6. The molecular weight excluding hydrogens is 409 g/mol. The second-order valence-corrected chi connectivity index (χ2v) is 9.45. The first-order chi connectivity index (χ1) is 13.8. The number of amides is 2. The Hall–Kier alpha value is -1.30. The van der Waals surface area contributed by atoms with E-state index in [0.29, 0.717) is 35.1 Å². The van der Waals surface area contributed by atoms with Crippen molar-refractivity contribution >= 4 is 35.0 Å². The van der Waals surface area contributed by atoms with Crippen LogP contribution in [0.5, 0.6) is 0 Å². The van der Waals surface area contributed by atoms with Crippen LogP contribution in [-0.2, 0) is 4.79 Å². The molecule has 160 valence electrons. The molecule has 2 saturated heterocycles. The van der Waals surface area contributed by atoms with Gasteiger partial charge in [-0.25, -0.2) is 0 Å². The van der Waals surface area contributed by atoms with Crippen molar-refractivity contribution in [3.05, 3.63) is 33.8 Å². The number of halogens is 2. The van der Waals surface area contributed by atoms with Crippen LogP contribution < -0.4 is 5.32 Å². The highest BCUT2D eigenvalue weighted by Gasteiger charge is 2.34. The molecule has 0 aliphatic carbocycles. The van der Waals surface area contributed by atoms with Gasteiger partial charge in [-0.15, -0.1) is 0 Å². The molecule has 29 heavy (non-hydrogen) atoms. The minimum atomic E-state index is -0.410. The van der Waals surface area contributed by atoms with Crippen LogP contribution in [0.3, 0.4) is 0 Å². The van der Waals surface area contributed by atoms with Crippen molar-refractivity contribution in [1.82, 2.24) is 15.1 Å². The van der Waals surface area contributed by atoms with Gasteiger partial charge < -0.3 is 15.1 Å². The van der Waals surface area contributed by atoms with E-state index in [-0.39, 0.29) is 11.8 Å². The number of carbonyl (C=O) groups excluding carboxylic acids is 2. The summed E-state index contributed by atoms with van der Waals surface area (Å²) in [5, 5.41) is 3.80. The van der Waals surface area contributed by atoms with Crippen LogP contribution in [0.2, 0.25) is 10.0 Å². The molecule has 3 atom stereocenters. The molecular formula is C22H31Cl2N3O2. The van der Waals surface area contributed by atoms with Crippen LogP contribution in [0.25, 0.3) is 0 Å². The molecule has 0 aromatic heterocycles. The quantitative estimate of drug-likeness (QED) is 0.679. The summed E-state index contributed by atoms with van der Waals surface area (Å²) in [6.45, 7) is 9.14. The number of piperidine rings is 1. The predicted octanol–water partition coefficient (Wildman–Crippen LogP) is 4.08. The van der Waals surface area contributed by atoms with Gasteiger partial charge in [0, 0.05) is 31.7 Å². The first-order valence-corrected chi connectivity index (χ1v) is 11.4. The number of nitrogens with one attached hydrogen (secondary N) is 1. The summed E-state index contributed by atoms with van der Waals surface area (Å²) in [7, 11) is 0. The van der Waals surface area contributed by atoms with Crippen LogP contribution in [0.4, 0.5) is 0 Å². The number of carbonyl (C=O) groups is 2. The molecule has 7 heteroatoms. The Morgan fingerprint density at radius 2 is 1.86 bits per heavy atom. The molecule has 3 rings (SSSR count). The third-order valence-corrected chi connectivity index (χ3v) is 6.62. The molecule has 1 aromatic carbocycles. The van der Waals surface area contributed by atoms with Crippen LogP contribution in [0.1, 0.15) is 49.9 Å². The molecule has 5 nitrogen and oxygen atoms in total. The van der Waals surface area contributed by atoms with Crippen LogP contribution in [0, 0.1) is 11.8 Å². The Balaban J connectivity index is 1.48. The fraction of sp³-hybridized carbons (Fsp3) is 0.636. The Morgan fingerprint density at radius 3 is 2.55 bits per heavy atom. The van der Waals surface area contributed by atoms with Gasteiger partial charge >= 0.3 is 0 Å². The molecule has 2 heterocycles. The largest absolute Gasteiger partial charge is 0.354 e. The molecule has 2 fully saturated rings. The summed E-state index contributed by atoms with van der Waals surface area (Å²) >= 11 is 12.0. The Morgan fingerprint density at radius 1 is 1.14 bits per heavy atom. The van der Waals surface area contributed by atoms with Gasteiger partial charge in [0.05, 0.1) is 10.0 Å². The van der Waals surface area contributed by atoms with E-state index in [0.717, 1.165) is 44.3 Å². The maximum Gasteiger partial charge on any atom is 0.254 e. The lowest BCUT2D eigenvalue weighted by Gasteiger charge is -2.35. The van der Waals surface area contributed by atoms with Crippen molar-refractivity contribution in [1.29, 1.82) is 0 Å². The molecule has 0 radical (unpaired) electrons. The predicted molar refractivity (Wildman–Crippen MR) is 118 cm³/mol. The summed E-state index contributed by atoms with van der Waals surface area (Å²) in [6, 6.07) is 4.43. The van der Waals surface area contributed by atoms with Crippen molar-refractivity contribution in [3.8, 4) is 0 Å². The van der Waals surface area contributed by atoms with Crippen molar-refractivity contribution in [2.75, 3.05) is 32.7 Å². The summed E-state index contributed by atoms with van der Waals surface area (Å²) in [5.41, 5.74) is 0.465. The van der Waals surface area contributed by atoms with Gasteiger partial charge in [-0.05, 0) is 62.3 Å². The molecule has 0 bridgehead atoms. The Kier molecular flexibility index (Phi) is 7.83. The first kappa shape index (κ1) is 22.4. The minimum absolute atomic E-state index is 0.0590. The number of benzene rings is 1. The highest BCUT2D eigenvalue weighted by Crippen LogP contribution is 2.26. The zero-order chi connectivity index (χ0) is 21.0. The highest BCUT2D eigenvalue weighted by atomic mass is 35.5. The van der Waals surface area contributed by atoms with E-state index in [1.807, 2.05) is 0 Å². The summed E-state index contributed by atoms with van der Waals surface area (Å²) in [4.78, 5) is 29.7. The van der Waals surface area contributed by atoms with E-state index in [9.17, 15) is 9.59 Å². The van der Waals surface area contributed by atoms with E-state index in [1.54, 1.807) is 23.1 Å². The summed E-state index contributed by atoms with van der Waals surface area (Å²) in [5.74, 6) is 1.26. The lowest BCUT2D eigenvalue weighted by atomic mass is 9.92. The topological polar surface area (TPSA) is 52.7 Å². The number of hydrogen-bond acceptors (Lipinski definition) is 3. The molecule has 3 unspecified atom stereocenters. The number of likely N-dealkylation sites (tertiary alicyclic amines) is 2. The van der Waals surface area contributed by atoms with Crippen LogP contribution in [0.15, 0.2) is 18.2 Å². The maximum absolute atomic E-state index is 12.9. The smallest absolute Gasteiger partial charge is 0.254 e. The average Bonchev–Trinajstić information content (AvgIpc) is 3.16. The van der Waals surface area contributed by atoms with Gasteiger partial charge in [0.2, 0.25) is 5.91 Å². The fourth-order valence-corrected chi connectivity index (χ4v) is 4.98. The van der Waals surface area contributed by atoms with Crippen LogP contribution >= 0.6 is 23.2 Å². The van der Waals surface area contributed by atoms with Crippen molar-refractivity contribution in [2.45, 2.75) is 45.6 Å². The second kappa shape index (κ2) is 10.1. The van der Waals surface area contributed by atoms with E-state index in [1.165, 1.54) is 6.42 Å². The third-order valence-electron chi connectivity index (χ3n) is 5.88. The summed E-state index contributed by atoms with van der Waals surface area (Å²) < 4.78 is 0. The van der Waals surface area contributed by atoms with E-state index in [4.69, 9.17) is 23.2 Å². The lowest BCUT2D eigenvalue weighted by Crippen LogP contribution is -2.46. The van der Waals surface area contributed by atoms with Gasteiger partial charge in [0.1, 0.15) is 6.04 Å². The third kappa shape index (κ3) is 5.87. The Bertz CT molecular complexity index is 733. The monoisotopic (exact) mass is 439 g/mol. The highest BCUT2D eigenvalue weighted by molar-refractivity contribution is 6.42. The van der Waals surface area contributed by atoms with Crippen molar-refractivity contribution in [2.24, 2.45) is 11.8 Å². The number of nitrogens with zero attached hydrogens (tertiary/aromatic N) is 2. The van der Waals surface area contributed by atoms with Crippen molar-refractivity contribution in [3.63, 3.8) is 0 Å². The zero-order valence-corrected chi connectivity index (χ0v) is 18.8. The lowest BCUT2D eigenvalue weighted by molar-refractivity contribution is -0.124. The van der Waals surface area contributed by atoms with Gasteiger partial charge in [0.25, 0.3) is 5.91 Å². The number of hydrogen-bond donors (Lipinski definition) is 1. The molecule has 1 aromatic rings. The standard InChI is InChI=1S/C22H31Cl2N3O2/c1-15-11-16(2)14-26(13-15)9-4-8-25-21(28)20-5-3-10-27(20)22(29)17-6-7-18(23)19(24)12-17/h6-7,12,15-16,20H,3-5,8-11,13-14H2,1-2H3,(H,25,28). The van der Waals surface area contributed by atoms with Gasteiger partial charge in [-0.2, -0.15) is 0 Å². The molecule has 2 aliphatic rings. The van der Waals surface area contributed by atoms with Crippen LogP contribution in [-0.4, -0.2) is 60.4 Å². The van der Waals surface area contributed by atoms with E-state index < -0.39 is 6.04 Å². The van der Waals surface area contributed by atoms with Gasteiger partial charge in [-0.1, -0.05) is 37.0 Å².